The molecule has 1 aliphatic rings. The zero-order valence-corrected chi connectivity index (χ0v) is 13.8. The predicted molar refractivity (Wildman–Crippen MR) is 85.7 cm³/mol. The number of nitrogens with one attached hydrogen (secondary N) is 3. The van der Waals surface area contributed by atoms with Crippen molar-refractivity contribution in [1.82, 2.24) is 20.8 Å². The molecule has 0 spiro atoms. The van der Waals surface area contributed by atoms with E-state index in [2.05, 4.69) is 20.8 Å². The molecule has 1 aromatic rings. The van der Waals surface area contributed by atoms with Gasteiger partial charge >= 0.3 is 0 Å². The van der Waals surface area contributed by atoms with Crippen LogP contribution in [0.25, 0.3) is 0 Å². The maximum Gasteiger partial charge on any atom is 0.269 e. The zero-order chi connectivity index (χ0) is 16.9. The number of carbonyl (C=O) groups is 2. The fourth-order valence-corrected chi connectivity index (χ4v) is 2.78. The first kappa shape index (κ1) is 17.5. The van der Waals surface area contributed by atoms with Crippen LogP contribution in [-0.4, -0.2) is 46.3 Å². The molecule has 2 amide bonds. The summed E-state index contributed by atoms with van der Waals surface area (Å²) in [6.45, 7) is 4.92. The molecule has 128 valence electrons. The SMILES string of the molecule is CC(C)C[C@H](O)C(=O)NCC1(CNC(=O)c2ccn[nH]2)CCC1. The van der Waals surface area contributed by atoms with Crippen molar-refractivity contribution in [2.75, 3.05) is 13.1 Å². The number of nitrogens with zero attached hydrogens (tertiary/aromatic N) is 1. The second-order valence-electron chi connectivity index (χ2n) is 6.87. The van der Waals surface area contributed by atoms with Crippen LogP contribution in [0, 0.1) is 11.3 Å². The molecule has 2 rings (SSSR count). The third kappa shape index (κ3) is 4.79. The Morgan fingerprint density at radius 1 is 1.35 bits per heavy atom. The van der Waals surface area contributed by atoms with E-state index in [1.54, 1.807) is 6.07 Å². The van der Waals surface area contributed by atoms with Gasteiger partial charge in [0, 0.05) is 24.7 Å². The molecule has 1 aromatic heterocycles. The summed E-state index contributed by atoms with van der Waals surface area (Å²) in [7, 11) is 0. The third-order valence-corrected chi connectivity index (χ3v) is 4.42. The standard InChI is InChI=1S/C16H26N4O3/c1-11(2)8-13(21)15(23)18-10-16(5-3-6-16)9-17-14(22)12-4-7-19-20-12/h4,7,11,13,21H,3,5-6,8-10H2,1-2H3,(H,17,22)(H,18,23)(H,19,20)/t13-/m0/s1. The van der Waals surface area contributed by atoms with Gasteiger partial charge in [-0.25, -0.2) is 0 Å². The van der Waals surface area contributed by atoms with Crippen LogP contribution < -0.4 is 10.6 Å². The van der Waals surface area contributed by atoms with Gasteiger partial charge in [0.25, 0.3) is 5.91 Å². The highest BCUT2D eigenvalue weighted by Gasteiger charge is 2.38. The number of aliphatic hydroxyl groups excluding tert-OH is 1. The normalized spacial score (nSPS) is 17.4. The number of aromatic nitrogens is 2. The zero-order valence-electron chi connectivity index (χ0n) is 13.8. The highest BCUT2D eigenvalue weighted by atomic mass is 16.3. The van der Waals surface area contributed by atoms with Crippen molar-refractivity contribution in [3.63, 3.8) is 0 Å². The second kappa shape index (κ2) is 7.59. The summed E-state index contributed by atoms with van der Waals surface area (Å²) in [6, 6.07) is 1.62. The average Bonchev–Trinajstić information content (AvgIpc) is 2.98. The van der Waals surface area contributed by atoms with E-state index in [1.165, 1.54) is 6.20 Å². The number of H-pyrrole nitrogens is 1. The lowest BCUT2D eigenvalue weighted by Gasteiger charge is -2.42. The fourth-order valence-electron chi connectivity index (χ4n) is 2.78. The van der Waals surface area contributed by atoms with Crippen LogP contribution in [0.15, 0.2) is 12.3 Å². The maximum absolute atomic E-state index is 12.0. The van der Waals surface area contributed by atoms with Gasteiger partial charge in [-0.1, -0.05) is 20.3 Å². The first-order valence-corrected chi connectivity index (χ1v) is 8.15. The summed E-state index contributed by atoms with van der Waals surface area (Å²) >= 11 is 0. The molecule has 4 N–H and O–H groups in total. The predicted octanol–water partition coefficient (Wildman–Crippen LogP) is 0.833. The van der Waals surface area contributed by atoms with Gasteiger partial charge in [-0.15, -0.1) is 0 Å². The highest BCUT2D eigenvalue weighted by Crippen LogP contribution is 2.39. The van der Waals surface area contributed by atoms with Gasteiger partial charge in [-0.3, -0.25) is 14.7 Å². The maximum atomic E-state index is 12.0. The summed E-state index contributed by atoms with van der Waals surface area (Å²) in [4.78, 5) is 23.9. The number of carbonyl (C=O) groups excluding carboxylic acids is 2. The number of hydrogen-bond donors (Lipinski definition) is 4. The van der Waals surface area contributed by atoms with Crippen molar-refractivity contribution in [1.29, 1.82) is 0 Å². The lowest BCUT2D eigenvalue weighted by Crippen LogP contribution is -2.51. The van der Waals surface area contributed by atoms with Gasteiger partial charge in [0.05, 0.1) is 0 Å². The van der Waals surface area contributed by atoms with Gasteiger partial charge in [0.1, 0.15) is 11.8 Å². The molecule has 0 saturated heterocycles. The highest BCUT2D eigenvalue weighted by molar-refractivity contribution is 5.92. The minimum Gasteiger partial charge on any atom is -0.383 e. The quantitative estimate of drug-likeness (QED) is 0.568. The van der Waals surface area contributed by atoms with Crippen molar-refractivity contribution in [3.8, 4) is 0 Å². The van der Waals surface area contributed by atoms with Crippen molar-refractivity contribution in [2.45, 2.75) is 45.6 Å². The average molecular weight is 322 g/mol. The number of hydrogen-bond acceptors (Lipinski definition) is 4. The number of rotatable bonds is 8. The summed E-state index contributed by atoms with van der Waals surface area (Å²) in [5.41, 5.74) is 0.318. The molecular weight excluding hydrogens is 296 g/mol. The van der Waals surface area contributed by atoms with Gasteiger partial charge in [-0.2, -0.15) is 5.10 Å². The van der Waals surface area contributed by atoms with Crippen LogP contribution in [0.3, 0.4) is 0 Å². The van der Waals surface area contributed by atoms with Crippen LogP contribution in [0.5, 0.6) is 0 Å². The number of amides is 2. The van der Waals surface area contributed by atoms with E-state index in [0.717, 1.165) is 19.3 Å². The van der Waals surface area contributed by atoms with Crippen molar-refractivity contribution >= 4 is 11.8 Å². The molecule has 0 bridgehead atoms. The molecule has 7 nitrogen and oxygen atoms in total. The largest absolute Gasteiger partial charge is 0.383 e. The van der Waals surface area contributed by atoms with Crippen LogP contribution in [0.4, 0.5) is 0 Å². The van der Waals surface area contributed by atoms with E-state index >= 15 is 0 Å². The molecule has 0 radical (unpaired) electrons. The van der Waals surface area contributed by atoms with Gasteiger partial charge in [0.2, 0.25) is 5.91 Å². The topological polar surface area (TPSA) is 107 Å². The lowest BCUT2D eigenvalue weighted by atomic mass is 9.68. The van der Waals surface area contributed by atoms with E-state index in [-0.39, 0.29) is 23.1 Å². The molecule has 23 heavy (non-hydrogen) atoms. The Kier molecular flexibility index (Phi) is 5.76. The van der Waals surface area contributed by atoms with E-state index < -0.39 is 6.10 Å². The summed E-state index contributed by atoms with van der Waals surface area (Å²) in [6.07, 6.45) is 4.02. The van der Waals surface area contributed by atoms with Crippen LogP contribution in [-0.2, 0) is 4.79 Å². The Morgan fingerprint density at radius 3 is 2.57 bits per heavy atom. The summed E-state index contributed by atoms with van der Waals surface area (Å²) < 4.78 is 0. The smallest absolute Gasteiger partial charge is 0.269 e. The molecule has 1 fully saturated rings. The molecule has 1 aliphatic carbocycles. The van der Waals surface area contributed by atoms with Gasteiger partial charge < -0.3 is 15.7 Å². The van der Waals surface area contributed by atoms with E-state index in [9.17, 15) is 14.7 Å². The van der Waals surface area contributed by atoms with Crippen LogP contribution in [0.1, 0.15) is 50.0 Å². The Morgan fingerprint density at radius 2 is 2.04 bits per heavy atom. The first-order chi connectivity index (χ1) is 10.9. The van der Waals surface area contributed by atoms with Crippen molar-refractivity contribution in [2.24, 2.45) is 11.3 Å². The number of aromatic amines is 1. The van der Waals surface area contributed by atoms with Crippen LogP contribution in [0.2, 0.25) is 0 Å². The molecule has 0 aliphatic heterocycles. The van der Waals surface area contributed by atoms with E-state index in [4.69, 9.17) is 0 Å². The molecule has 1 atom stereocenters. The summed E-state index contributed by atoms with van der Waals surface area (Å²) in [5, 5.41) is 21.9. The Bertz CT molecular complexity index is 523. The fraction of sp³-hybridized carbons (Fsp3) is 0.688. The molecule has 7 heteroatoms. The van der Waals surface area contributed by atoms with Crippen molar-refractivity contribution < 1.29 is 14.7 Å². The minimum atomic E-state index is -0.966. The molecule has 0 aromatic carbocycles. The van der Waals surface area contributed by atoms with Crippen LogP contribution >= 0.6 is 0 Å². The molecule has 1 saturated carbocycles. The Hall–Kier alpha value is -1.89. The van der Waals surface area contributed by atoms with Gasteiger partial charge in [0.15, 0.2) is 0 Å². The minimum absolute atomic E-state index is 0.108. The van der Waals surface area contributed by atoms with Crippen molar-refractivity contribution in [3.05, 3.63) is 18.0 Å². The van der Waals surface area contributed by atoms with E-state index in [0.29, 0.717) is 25.2 Å². The summed E-state index contributed by atoms with van der Waals surface area (Å²) in [5.74, 6) is -0.257. The molecular formula is C16H26N4O3. The Labute approximate surface area is 136 Å². The first-order valence-electron chi connectivity index (χ1n) is 8.15. The monoisotopic (exact) mass is 322 g/mol. The molecule has 1 heterocycles. The van der Waals surface area contributed by atoms with E-state index in [1.807, 2.05) is 13.8 Å². The Balaban J connectivity index is 1.79. The third-order valence-electron chi connectivity index (χ3n) is 4.42. The van der Waals surface area contributed by atoms with Gasteiger partial charge in [-0.05, 0) is 31.2 Å². The lowest BCUT2D eigenvalue weighted by molar-refractivity contribution is -0.130. The molecule has 0 unspecified atom stereocenters. The number of aliphatic hydroxyl groups is 1. The second-order valence-corrected chi connectivity index (χ2v) is 6.87.